The lowest BCUT2D eigenvalue weighted by Gasteiger charge is -2.25. The number of H-pyrrole nitrogens is 1. The summed E-state index contributed by atoms with van der Waals surface area (Å²) < 4.78 is 0. The van der Waals surface area contributed by atoms with E-state index in [1.165, 1.54) is 11.1 Å². The number of hydrazone groups is 1. The van der Waals surface area contributed by atoms with E-state index in [0.717, 1.165) is 34.5 Å². The summed E-state index contributed by atoms with van der Waals surface area (Å²) in [5.74, 6) is 0. The van der Waals surface area contributed by atoms with E-state index < -0.39 is 0 Å². The van der Waals surface area contributed by atoms with Crippen LogP contribution in [0, 0.1) is 20.8 Å². The number of hydrogen-bond donors (Lipinski definition) is 1. The van der Waals surface area contributed by atoms with Gasteiger partial charge in [-0.25, -0.2) is 4.98 Å². The number of fused-ring (bicyclic) bond motifs is 1. The Bertz CT molecular complexity index is 1190. The summed E-state index contributed by atoms with van der Waals surface area (Å²) in [6.45, 7) is 12.3. The minimum Gasteiger partial charge on any atom is -0.306 e. The van der Waals surface area contributed by atoms with Crippen LogP contribution in [0.3, 0.4) is 0 Å². The van der Waals surface area contributed by atoms with E-state index in [0.29, 0.717) is 17.6 Å². The van der Waals surface area contributed by atoms with Crippen LogP contribution in [-0.4, -0.2) is 20.7 Å². The number of nitrogens with zero attached hydrogens (tertiary/aromatic N) is 3. The van der Waals surface area contributed by atoms with Crippen LogP contribution in [0.1, 0.15) is 53.8 Å². The second-order valence-corrected chi connectivity index (χ2v) is 7.74. The van der Waals surface area contributed by atoms with Gasteiger partial charge < -0.3 is 4.98 Å². The van der Waals surface area contributed by atoms with Crippen molar-refractivity contribution in [3.63, 3.8) is 0 Å². The lowest BCUT2D eigenvalue weighted by atomic mass is 9.95. The summed E-state index contributed by atoms with van der Waals surface area (Å²) in [5.41, 5.74) is 7.06. The van der Waals surface area contributed by atoms with Gasteiger partial charge in [-0.15, -0.1) is 0 Å². The van der Waals surface area contributed by atoms with Crippen LogP contribution in [0.15, 0.2) is 58.6 Å². The molecule has 29 heavy (non-hydrogen) atoms. The van der Waals surface area contributed by atoms with Gasteiger partial charge in [0.15, 0.2) is 0 Å². The second kappa shape index (κ2) is 7.32. The molecule has 0 amide bonds. The Hall–Kier alpha value is -3.21. The van der Waals surface area contributed by atoms with Gasteiger partial charge >= 0.3 is 0 Å². The van der Waals surface area contributed by atoms with Crippen molar-refractivity contribution in [3.8, 4) is 0 Å². The first kappa shape index (κ1) is 19.1. The molecule has 1 aliphatic heterocycles. The maximum absolute atomic E-state index is 13.0. The lowest BCUT2D eigenvalue weighted by molar-refractivity contribution is 0.293. The van der Waals surface area contributed by atoms with Crippen LogP contribution in [-0.2, 0) is 0 Å². The molecule has 1 aliphatic rings. The molecule has 3 heterocycles. The quantitative estimate of drug-likeness (QED) is 0.692. The van der Waals surface area contributed by atoms with Crippen LogP contribution in [0.25, 0.3) is 11.0 Å². The fourth-order valence-electron chi connectivity index (χ4n) is 3.94. The first-order chi connectivity index (χ1) is 13.9. The highest BCUT2D eigenvalue weighted by Gasteiger charge is 2.32. The highest BCUT2D eigenvalue weighted by Crippen LogP contribution is 2.36. The van der Waals surface area contributed by atoms with E-state index in [-0.39, 0.29) is 11.6 Å². The summed E-state index contributed by atoms with van der Waals surface area (Å²) in [7, 11) is 0. The molecule has 0 saturated heterocycles. The molecule has 0 spiro atoms. The molecule has 1 atom stereocenters. The topological polar surface area (TPSA) is 61.4 Å². The number of rotatable bonds is 4. The number of pyridine rings is 2. The summed E-state index contributed by atoms with van der Waals surface area (Å²) in [6.07, 6.45) is 1.46. The Morgan fingerprint density at radius 2 is 1.90 bits per heavy atom. The molecular weight excluding hydrogens is 360 g/mol. The highest BCUT2D eigenvalue weighted by atomic mass is 16.1. The van der Waals surface area contributed by atoms with Gasteiger partial charge in [-0.1, -0.05) is 43.3 Å². The first-order valence-corrected chi connectivity index (χ1v) is 10.0. The molecule has 5 nitrogen and oxygen atoms in total. The van der Waals surface area contributed by atoms with Crippen molar-refractivity contribution in [3.05, 3.63) is 87.0 Å². The molecule has 3 aromatic rings. The molecule has 1 aromatic carbocycles. The molecule has 5 heteroatoms. The number of aryl methyl sites for hydroxylation is 3. The Morgan fingerprint density at radius 1 is 1.17 bits per heavy atom. The Labute approximate surface area is 170 Å². The third-order valence-electron chi connectivity index (χ3n) is 5.67. The summed E-state index contributed by atoms with van der Waals surface area (Å²) in [5, 5.41) is 7.80. The third-order valence-corrected chi connectivity index (χ3v) is 5.67. The van der Waals surface area contributed by atoms with Crippen molar-refractivity contribution in [2.45, 2.75) is 46.6 Å². The fraction of sp³-hybridized carbons (Fsp3) is 0.292. The number of aromatic nitrogens is 2. The molecular formula is C24H26N4O. The van der Waals surface area contributed by atoms with Gasteiger partial charge in [0.2, 0.25) is 0 Å². The molecule has 0 fully saturated rings. The summed E-state index contributed by atoms with van der Waals surface area (Å²) >= 11 is 0. The lowest BCUT2D eigenvalue weighted by Crippen LogP contribution is -2.20. The average Bonchev–Trinajstić information content (AvgIpc) is 3.12. The van der Waals surface area contributed by atoms with Crippen LogP contribution in [0.4, 0.5) is 0 Å². The van der Waals surface area contributed by atoms with Crippen molar-refractivity contribution in [1.29, 1.82) is 0 Å². The van der Waals surface area contributed by atoms with Crippen molar-refractivity contribution >= 4 is 16.7 Å². The van der Waals surface area contributed by atoms with Crippen LogP contribution >= 0.6 is 0 Å². The maximum atomic E-state index is 13.0. The zero-order valence-corrected chi connectivity index (χ0v) is 17.4. The molecule has 1 unspecified atom stereocenters. The molecule has 0 radical (unpaired) electrons. The Morgan fingerprint density at radius 3 is 2.59 bits per heavy atom. The maximum Gasteiger partial charge on any atom is 0.259 e. The predicted molar refractivity (Wildman–Crippen MR) is 118 cm³/mol. The SMILES string of the molecule is C=C(CC)N1N=C(c2c(C)c3ccc(C)nc3[nH]c2=O)CC1c1ccc(C)cc1. The van der Waals surface area contributed by atoms with E-state index in [9.17, 15) is 4.79 Å². The molecule has 0 aliphatic carbocycles. The van der Waals surface area contributed by atoms with Gasteiger partial charge in [0.05, 0.1) is 17.3 Å². The predicted octanol–water partition coefficient (Wildman–Crippen LogP) is 4.92. The van der Waals surface area contributed by atoms with Crippen LogP contribution in [0.2, 0.25) is 0 Å². The standard InChI is InChI=1S/C24H26N4O/c1-6-16(4)28-21(18-10-7-14(2)8-11-18)13-20(27-28)22-17(5)19-12-9-15(3)25-23(19)26-24(22)29/h7-12,21H,4,6,13H2,1-3,5H3,(H,25,26,29). The molecule has 0 saturated carbocycles. The number of aromatic amines is 1. The first-order valence-electron chi connectivity index (χ1n) is 10.0. The van der Waals surface area contributed by atoms with Gasteiger partial charge in [0, 0.05) is 23.2 Å². The van der Waals surface area contributed by atoms with E-state index in [1.807, 2.05) is 31.0 Å². The molecule has 2 aromatic heterocycles. The van der Waals surface area contributed by atoms with Crippen molar-refractivity contribution in [2.75, 3.05) is 0 Å². The summed E-state index contributed by atoms with van der Waals surface area (Å²) in [6, 6.07) is 12.5. The number of allylic oxidation sites excluding steroid dienone is 1. The zero-order valence-electron chi connectivity index (χ0n) is 17.4. The number of nitrogens with one attached hydrogen (secondary N) is 1. The van der Waals surface area contributed by atoms with Gasteiger partial charge in [-0.2, -0.15) is 5.10 Å². The van der Waals surface area contributed by atoms with Crippen molar-refractivity contribution in [2.24, 2.45) is 5.10 Å². The van der Waals surface area contributed by atoms with Crippen LogP contribution < -0.4 is 5.56 Å². The van der Waals surface area contributed by atoms with Crippen LogP contribution in [0.5, 0.6) is 0 Å². The zero-order chi connectivity index (χ0) is 20.7. The van der Waals surface area contributed by atoms with Gasteiger partial charge in [0.25, 0.3) is 5.56 Å². The number of benzene rings is 1. The van der Waals surface area contributed by atoms with Gasteiger partial charge in [-0.05, 0) is 50.5 Å². The minimum absolute atomic E-state index is 0.0451. The monoisotopic (exact) mass is 386 g/mol. The normalized spacial score (nSPS) is 16.3. The van der Waals surface area contributed by atoms with Gasteiger partial charge in [-0.3, -0.25) is 9.80 Å². The average molecular weight is 386 g/mol. The third kappa shape index (κ3) is 3.37. The Kier molecular flexibility index (Phi) is 4.82. The van der Waals surface area contributed by atoms with E-state index >= 15 is 0 Å². The van der Waals surface area contributed by atoms with E-state index in [4.69, 9.17) is 5.10 Å². The molecule has 4 rings (SSSR count). The van der Waals surface area contributed by atoms with E-state index in [1.54, 1.807) is 0 Å². The fourth-order valence-corrected chi connectivity index (χ4v) is 3.94. The molecule has 1 N–H and O–H groups in total. The highest BCUT2D eigenvalue weighted by molar-refractivity contribution is 6.05. The van der Waals surface area contributed by atoms with Gasteiger partial charge in [0.1, 0.15) is 5.65 Å². The van der Waals surface area contributed by atoms with Crippen molar-refractivity contribution in [1.82, 2.24) is 15.0 Å². The van der Waals surface area contributed by atoms with E-state index in [2.05, 4.69) is 54.7 Å². The minimum atomic E-state index is -0.140. The summed E-state index contributed by atoms with van der Waals surface area (Å²) in [4.78, 5) is 20.4. The molecule has 0 bridgehead atoms. The molecule has 148 valence electrons. The van der Waals surface area contributed by atoms with Crippen molar-refractivity contribution < 1.29 is 0 Å². The smallest absolute Gasteiger partial charge is 0.259 e. The second-order valence-electron chi connectivity index (χ2n) is 7.74. The Balaban J connectivity index is 1.82. The number of hydrogen-bond acceptors (Lipinski definition) is 4. The largest absolute Gasteiger partial charge is 0.306 e.